The van der Waals surface area contributed by atoms with Crippen LogP contribution in [0.25, 0.3) is 11.1 Å². The Morgan fingerprint density at radius 3 is 2.66 bits per heavy atom. The monoisotopic (exact) mass is 436 g/mol. The molecule has 0 fully saturated rings. The highest BCUT2D eigenvalue weighted by atomic mass is 16.4. The summed E-state index contributed by atoms with van der Waals surface area (Å²) in [5, 5.41) is 8.61. The lowest BCUT2D eigenvalue weighted by Gasteiger charge is -2.20. The van der Waals surface area contributed by atoms with Crippen LogP contribution in [0.5, 0.6) is 0 Å². The zero-order chi connectivity index (χ0) is 22.8. The van der Waals surface area contributed by atoms with E-state index in [0.29, 0.717) is 35.6 Å². The van der Waals surface area contributed by atoms with E-state index in [1.54, 1.807) is 30.3 Å². The van der Waals surface area contributed by atoms with Gasteiger partial charge >= 0.3 is 5.76 Å². The van der Waals surface area contributed by atoms with Crippen molar-refractivity contribution in [2.24, 2.45) is 10.8 Å². The van der Waals surface area contributed by atoms with E-state index in [4.69, 9.17) is 10.2 Å². The first kappa shape index (κ1) is 21.3. The van der Waals surface area contributed by atoms with Crippen molar-refractivity contribution in [3.05, 3.63) is 59.1 Å². The maximum Gasteiger partial charge on any atom is 0.419 e. The zero-order valence-electron chi connectivity index (χ0n) is 17.8. The number of anilines is 2. The Morgan fingerprint density at radius 2 is 1.97 bits per heavy atom. The van der Waals surface area contributed by atoms with E-state index in [1.807, 2.05) is 37.2 Å². The van der Waals surface area contributed by atoms with Gasteiger partial charge in [-0.15, -0.1) is 0 Å². The molecule has 4 rings (SSSR count). The standard InChI is InChI=1S/C22H24N6O4/c1-26(2)10-11-27-17-12-14(8-9-19(17)32-22(27)31)24-21(30)16-13-18(20(23)29)28(25-16)15-6-4-3-5-7-15/h3-9,12,18H,10-11,13H2,1-2H3,(H2,23,29)(H,24,30). The quantitative estimate of drug-likeness (QED) is 0.573. The summed E-state index contributed by atoms with van der Waals surface area (Å²) in [6.07, 6.45) is 0.0948. The van der Waals surface area contributed by atoms with Crippen LogP contribution in [-0.2, 0) is 16.1 Å². The number of fused-ring (bicyclic) bond motifs is 1. The fraction of sp³-hybridized carbons (Fsp3) is 0.273. The molecule has 0 aliphatic carbocycles. The maximum absolute atomic E-state index is 12.9. The molecular formula is C22H24N6O4. The second kappa shape index (κ2) is 8.67. The molecule has 1 aliphatic heterocycles. The molecule has 1 atom stereocenters. The topological polar surface area (TPSA) is 126 Å². The fourth-order valence-electron chi connectivity index (χ4n) is 3.54. The third-order valence-electron chi connectivity index (χ3n) is 5.22. The van der Waals surface area contributed by atoms with Crippen molar-refractivity contribution in [2.45, 2.75) is 19.0 Å². The van der Waals surface area contributed by atoms with Crippen LogP contribution < -0.4 is 21.8 Å². The average Bonchev–Trinajstić information content (AvgIpc) is 3.34. The number of benzene rings is 2. The molecule has 0 radical (unpaired) electrons. The van der Waals surface area contributed by atoms with E-state index in [1.165, 1.54) is 9.58 Å². The molecule has 3 N–H and O–H groups in total. The predicted molar refractivity (Wildman–Crippen MR) is 122 cm³/mol. The Morgan fingerprint density at radius 1 is 1.22 bits per heavy atom. The highest BCUT2D eigenvalue weighted by Crippen LogP contribution is 2.25. The van der Waals surface area contributed by atoms with Crippen molar-refractivity contribution < 1.29 is 14.0 Å². The molecule has 0 spiro atoms. The largest absolute Gasteiger partial charge is 0.419 e. The lowest BCUT2D eigenvalue weighted by Crippen LogP contribution is -2.39. The smallest absolute Gasteiger partial charge is 0.408 e. The minimum atomic E-state index is -0.745. The Hall–Kier alpha value is -3.92. The fourth-order valence-corrected chi connectivity index (χ4v) is 3.54. The third-order valence-corrected chi connectivity index (χ3v) is 5.22. The number of likely N-dealkylation sites (N-methyl/N-ethyl adjacent to an activating group) is 1. The minimum Gasteiger partial charge on any atom is -0.408 e. The van der Waals surface area contributed by atoms with Gasteiger partial charge in [-0.05, 0) is 44.4 Å². The molecule has 2 amide bonds. The van der Waals surface area contributed by atoms with Crippen LogP contribution in [0, 0.1) is 0 Å². The number of hydrogen-bond donors (Lipinski definition) is 2. The molecule has 1 unspecified atom stereocenters. The van der Waals surface area contributed by atoms with E-state index >= 15 is 0 Å². The van der Waals surface area contributed by atoms with Crippen LogP contribution in [0.3, 0.4) is 0 Å². The number of rotatable bonds is 7. The molecule has 2 aromatic carbocycles. The molecule has 10 heteroatoms. The molecular weight excluding hydrogens is 412 g/mol. The molecule has 10 nitrogen and oxygen atoms in total. The van der Waals surface area contributed by atoms with Crippen LogP contribution in [0.15, 0.2) is 62.8 Å². The van der Waals surface area contributed by atoms with E-state index in [0.717, 1.165) is 0 Å². The Bertz CT molecular complexity index is 1240. The van der Waals surface area contributed by atoms with Crippen molar-refractivity contribution in [1.29, 1.82) is 0 Å². The number of para-hydroxylation sites is 1. The summed E-state index contributed by atoms with van der Waals surface area (Å²) in [5.41, 5.74) is 7.91. The lowest BCUT2D eigenvalue weighted by molar-refractivity contribution is -0.119. The molecule has 0 bridgehead atoms. The molecule has 0 saturated heterocycles. The first-order valence-corrected chi connectivity index (χ1v) is 10.1. The summed E-state index contributed by atoms with van der Waals surface area (Å²) >= 11 is 0. The highest BCUT2D eigenvalue weighted by Gasteiger charge is 2.35. The Kier molecular flexibility index (Phi) is 5.78. The van der Waals surface area contributed by atoms with Gasteiger partial charge in [-0.25, -0.2) is 4.79 Å². The Labute approximate surface area is 183 Å². The number of primary amides is 1. The third kappa shape index (κ3) is 4.26. The molecule has 2 heterocycles. The second-order valence-electron chi connectivity index (χ2n) is 7.81. The van der Waals surface area contributed by atoms with Gasteiger partial charge in [0.25, 0.3) is 5.91 Å². The summed E-state index contributed by atoms with van der Waals surface area (Å²) in [4.78, 5) is 39.0. The number of nitrogens with two attached hydrogens (primary N) is 1. The summed E-state index contributed by atoms with van der Waals surface area (Å²) < 4.78 is 6.82. The number of amides is 2. The van der Waals surface area contributed by atoms with Crippen LogP contribution in [0.1, 0.15) is 6.42 Å². The molecule has 1 aliphatic rings. The normalized spacial score (nSPS) is 15.9. The lowest BCUT2D eigenvalue weighted by atomic mass is 10.1. The molecule has 1 aromatic heterocycles. The predicted octanol–water partition coefficient (Wildman–Crippen LogP) is 1.21. The maximum atomic E-state index is 12.9. The number of hydrazone groups is 1. The number of aromatic nitrogens is 1. The number of nitrogens with one attached hydrogen (secondary N) is 1. The number of carbonyl (C=O) groups is 2. The minimum absolute atomic E-state index is 0.0948. The molecule has 32 heavy (non-hydrogen) atoms. The zero-order valence-corrected chi connectivity index (χ0v) is 17.8. The summed E-state index contributed by atoms with van der Waals surface area (Å²) in [6.45, 7) is 1.11. The van der Waals surface area contributed by atoms with Crippen molar-refractivity contribution in [3.63, 3.8) is 0 Å². The van der Waals surface area contributed by atoms with Gasteiger partial charge < -0.3 is 20.4 Å². The average molecular weight is 436 g/mol. The molecule has 166 valence electrons. The van der Waals surface area contributed by atoms with Gasteiger partial charge in [-0.2, -0.15) is 5.10 Å². The van der Waals surface area contributed by atoms with Gasteiger partial charge in [-0.3, -0.25) is 19.2 Å². The van der Waals surface area contributed by atoms with Crippen LogP contribution in [0.2, 0.25) is 0 Å². The number of nitrogens with zero attached hydrogens (tertiary/aromatic N) is 4. The first-order chi connectivity index (χ1) is 15.3. The molecule has 3 aromatic rings. The molecule has 0 saturated carbocycles. The summed E-state index contributed by atoms with van der Waals surface area (Å²) in [6, 6.07) is 13.3. The van der Waals surface area contributed by atoms with E-state index in [-0.39, 0.29) is 12.1 Å². The van der Waals surface area contributed by atoms with E-state index in [9.17, 15) is 14.4 Å². The summed E-state index contributed by atoms with van der Waals surface area (Å²) in [5.74, 6) is -1.46. The van der Waals surface area contributed by atoms with Gasteiger partial charge in [0.1, 0.15) is 11.8 Å². The number of hydrogen-bond acceptors (Lipinski definition) is 7. The van der Waals surface area contributed by atoms with Crippen molar-refractivity contribution in [3.8, 4) is 0 Å². The second-order valence-corrected chi connectivity index (χ2v) is 7.81. The van der Waals surface area contributed by atoms with E-state index in [2.05, 4.69) is 10.4 Å². The van der Waals surface area contributed by atoms with Crippen LogP contribution in [0.4, 0.5) is 11.4 Å². The van der Waals surface area contributed by atoms with Crippen molar-refractivity contribution in [1.82, 2.24) is 9.47 Å². The highest BCUT2D eigenvalue weighted by molar-refractivity contribution is 6.44. The van der Waals surface area contributed by atoms with Crippen molar-refractivity contribution >= 4 is 40.0 Å². The van der Waals surface area contributed by atoms with Gasteiger partial charge in [0.05, 0.1) is 11.2 Å². The van der Waals surface area contributed by atoms with E-state index < -0.39 is 23.6 Å². The van der Waals surface area contributed by atoms with Crippen molar-refractivity contribution in [2.75, 3.05) is 31.0 Å². The van der Waals surface area contributed by atoms with Gasteiger partial charge in [0, 0.05) is 25.2 Å². The number of carbonyl (C=O) groups excluding carboxylic acids is 2. The van der Waals surface area contributed by atoms with Gasteiger partial charge in [0.15, 0.2) is 5.58 Å². The van der Waals surface area contributed by atoms with Crippen LogP contribution >= 0.6 is 0 Å². The first-order valence-electron chi connectivity index (χ1n) is 10.1. The SMILES string of the molecule is CN(C)CCn1c(=O)oc2ccc(NC(=O)C3=NN(c4ccccc4)C(C(N)=O)C3)cc21. The summed E-state index contributed by atoms with van der Waals surface area (Å²) in [7, 11) is 3.83. The van der Waals surface area contributed by atoms with Crippen LogP contribution in [-0.4, -0.2) is 53.7 Å². The van der Waals surface area contributed by atoms with Gasteiger partial charge in [0.2, 0.25) is 5.91 Å². The van der Waals surface area contributed by atoms with Gasteiger partial charge in [-0.1, -0.05) is 18.2 Å². The Balaban J connectivity index is 1.57. The number of oxazole rings is 1.